The van der Waals surface area contributed by atoms with Crippen molar-refractivity contribution in [2.24, 2.45) is 5.73 Å². The van der Waals surface area contributed by atoms with E-state index in [9.17, 15) is 10.1 Å². The van der Waals surface area contributed by atoms with Gasteiger partial charge in [-0.3, -0.25) is 10.1 Å². The van der Waals surface area contributed by atoms with Crippen molar-refractivity contribution >= 4 is 28.4 Å². The summed E-state index contributed by atoms with van der Waals surface area (Å²) < 4.78 is 35.4. The summed E-state index contributed by atoms with van der Waals surface area (Å²) in [4.78, 5) is 11.2. The summed E-state index contributed by atoms with van der Waals surface area (Å²) >= 11 is 1.13. The van der Waals surface area contributed by atoms with Crippen molar-refractivity contribution in [3.63, 3.8) is 0 Å². The van der Waals surface area contributed by atoms with Gasteiger partial charge in [0.15, 0.2) is 0 Å². The molecule has 0 aliphatic carbocycles. The molecule has 2 N–H and O–H groups in total. The van der Waals surface area contributed by atoms with Gasteiger partial charge in [-0.1, -0.05) is 54.6 Å². The molecule has 1 aromatic heterocycles. The Kier molecular flexibility index (Phi) is 7.02. The Labute approximate surface area is 215 Å². The van der Waals surface area contributed by atoms with Gasteiger partial charge in [0.05, 0.1) is 16.7 Å². The molecule has 37 heavy (non-hydrogen) atoms. The van der Waals surface area contributed by atoms with Gasteiger partial charge in [0.1, 0.15) is 35.8 Å². The zero-order valence-electron chi connectivity index (χ0n) is 19.5. The zero-order chi connectivity index (χ0) is 25.8. The fourth-order valence-corrected chi connectivity index (χ4v) is 4.43. The van der Waals surface area contributed by atoms with Crippen molar-refractivity contribution in [3.05, 3.63) is 111 Å². The Morgan fingerprint density at radius 1 is 0.865 bits per heavy atom. The molecule has 1 heterocycles. The van der Waals surface area contributed by atoms with Crippen molar-refractivity contribution in [2.75, 3.05) is 0 Å². The van der Waals surface area contributed by atoms with Crippen LogP contribution in [-0.2, 0) is 19.8 Å². The van der Waals surface area contributed by atoms with E-state index in [2.05, 4.69) is 8.75 Å². The van der Waals surface area contributed by atoms with Crippen LogP contribution in [0.1, 0.15) is 16.7 Å². The lowest BCUT2D eigenvalue weighted by molar-refractivity contribution is -0.386. The Hall–Kier alpha value is -4.41. The second kappa shape index (κ2) is 10.7. The molecule has 10 heteroatoms. The third-order valence-electron chi connectivity index (χ3n) is 5.82. The summed E-state index contributed by atoms with van der Waals surface area (Å²) in [6, 6.07) is 22.5. The number of nitrogens with zero attached hydrogens (tertiary/aromatic N) is 3. The first-order valence-corrected chi connectivity index (χ1v) is 12.1. The molecule has 0 unspecified atom stereocenters. The summed E-state index contributed by atoms with van der Waals surface area (Å²) in [5, 5.41) is 11.8. The molecule has 0 fully saturated rings. The van der Waals surface area contributed by atoms with E-state index in [0.29, 0.717) is 16.9 Å². The maximum absolute atomic E-state index is 15.3. The number of benzene rings is 4. The zero-order valence-corrected chi connectivity index (χ0v) is 20.3. The Morgan fingerprint density at radius 2 is 1.65 bits per heavy atom. The van der Waals surface area contributed by atoms with Gasteiger partial charge in [0, 0.05) is 35.4 Å². The summed E-state index contributed by atoms with van der Waals surface area (Å²) in [6.45, 7) is 0.00691. The van der Waals surface area contributed by atoms with Gasteiger partial charge in [0.25, 0.3) is 0 Å². The first-order chi connectivity index (χ1) is 18.0. The predicted molar refractivity (Wildman–Crippen MR) is 139 cm³/mol. The van der Waals surface area contributed by atoms with Crippen LogP contribution < -0.4 is 15.2 Å². The van der Waals surface area contributed by atoms with Crippen LogP contribution in [-0.4, -0.2) is 13.7 Å². The molecule has 186 valence electrons. The lowest BCUT2D eigenvalue weighted by Gasteiger charge is -2.15. The molecule has 0 bridgehead atoms. The van der Waals surface area contributed by atoms with Crippen molar-refractivity contribution in [1.82, 2.24) is 8.75 Å². The van der Waals surface area contributed by atoms with Crippen LogP contribution in [0.5, 0.6) is 11.5 Å². The van der Waals surface area contributed by atoms with E-state index < -0.39 is 10.7 Å². The molecule has 0 spiro atoms. The molecule has 0 radical (unpaired) electrons. The molecule has 5 aromatic rings. The fraction of sp³-hybridized carbons (Fsp3) is 0.111. The normalized spacial score (nSPS) is 11.0. The number of halogens is 1. The number of aromatic nitrogens is 2. The van der Waals surface area contributed by atoms with Gasteiger partial charge >= 0.3 is 5.69 Å². The average Bonchev–Trinajstić information content (AvgIpc) is 3.39. The van der Waals surface area contributed by atoms with E-state index in [4.69, 9.17) is 15.2 Å². The van der Waals surface area contributed by atoms with Crippen LogP contribution in [0.2, 0.25) is 0 Å². The molecular weight excluding hydrogens is 495 g/mol. The average molecular weight is 517 g/mol. The minimum atomic E-state index is -0.557. The van der Waals surface area contributed by atoms with Crippen LogP contribution in [0.4, 0.5) is 10.1 Å². The third kappa shape index (κ3) is 5.25. The van der Waals surface area contributed by atoms with Gasteiger partial charge in [-0.25, -0.2) is 4.39 Å². The lowest BCUT2D eigenvalue weighted by Crippen LogP contribution is -2.07. The van der Waals surface area contributed by atoms with Crippen molar-refractivity contribution < 1.29 is 18.8 Å². The molecule has 5 rings (SSSR count). The van der Waals surface area contributed by atoms with Crippen LogP contribution in [0.25, 0.3) is 22.2 Å². The second-order valence-corrected chi connectivity index (χ2v) is 8.73. The Morgan fingerprint density at radius 3 is 2.43 bits per heavy atom. The number of hydrogen-bond acceptors (Lipinski definition) is 8. The smallest absolute Gasteiger partial charge is 0.311 e. The Bertz CT molecular complexity index is 1580. The minimum absolute atomic E-state index is 0.0270. The molecule has 0 aliphatic rings. The molecule has 0 atom stereocenters. The van der Waals surface area contributed by atoms with Gasteiger partial charge in [0.2, 0.25) is 5.75 Å². The predicted octanol–water partition coefficient (Wildman–Crippen LogP) is 6.02. The van der Waals surface area contributed by atoms with Crippen LogP contribution >= 0.6 is 11.7 Å². The maximum Gasteiger partial charge on any atom is 0.311 e. The monoisotopic (exact) mass is 516 g/mol. The molecule has 4 aromatic carbocycles. The molecule has 0 saturated carbocycles. The van der Waals surface area contributed by atoms with Crippen LogP contribution in [0.3, 0.4) is 0 Å². The topological polar surface area (TPSA) is 113 Å². The fourth-order valence-electron chi connectivity index (χ4n) is 3.91. The van der Waals surface area contributed by atoms with Gasteiger partial charge in [-0.05, 0) is 23.3 Å². The second-order valence-electron chi connectivity index (χ2n) is 8.20. The first kappa shape index (κ1) is 24.3. The van der Waals surface area contributed by atoms with E-state index in [1.54, 1.807) is 18.2 Å². The molecule has 0 saturated heterocycles. The highest BCUT2D eigenvalue weighted by molar-refractivity contribution is 7.00. The van der Waals surface area contributed by atoms with E-state index in [1.165, 1.54) is 12.1 Å². The van der Waals surface area contributed by atoms with E-state index in [1.807, 2.05) is 48.5 Å². The summed E-state index contributed by atoms with van der Waals surface area (Å²) in [5.41, 5.74) is 9.85. The summed E-state index contributed by atoms with van der Waals surface area (Å²) in [5.74, 6) is -0.141. The molecular formula is C27H21FN4O4S. The Balaban J connectivity index is 1.40. The highest BCUT2D eigenvalue weighted by Gasteiger charge is 2.21. The van der Waals surface area contributed by atoms with Crippen molar-refractivity contribution in [2.45, 2.75) is 19.8 Å². The van der Waals surface area contributed by atoms with E-state index in [0.717, 1.165) is 33.9 Å². The number of nitrogens with two attached hydrogens (primary N) is 1. The number of ether oxygens (including phenoxy) is 2. The summed E-state index contributed by atoms with van der Waals surface area (Å²) in [6.07, 6.45) is 0. The molecule has 8 nitrogen and oxygen atoms in total. The highest BCUT2D eigenvalue weighted by atomic mass is 32.1. The largest absolute Gasteiger partial charge is 0.488 e. The standard InChI is InChI=1S/C27H21FN4O4S/c28-27-19(7-4-8-21(27)18-5-2-1-3-6-18)16-36-26-13-25(20(14-29)12-24(26)32(33)34)35-15-17-9-10-22-23(11-17)31-37-30-22/h1-13H,14-16,29H2. The SMILES string of the molecule is NCc1cc([N+](=O)[O-])c(OCc2cccc(-c3ccccc3)c2F)cc1OCc1ccc2nsnc2c1. The molecule has 0 aliphatic heterocycles. The third-order valence-corrected chi connectivity index (χ3v) is 6.37. The van der Waals surface area contributed by atoms with E-state index >= 15 is 4.39 Å². The highest BCUT2D eigenvalue weighted by Crippen LogP contribution is 2.36. The number of nitro benzene ring substituents is 1. The van der Waals surface area contributed by atoms with Gasteiger partial charge in [-0.15, -0.1) is 0 Å². The number of fused-ring (bicyclic) bond motifs is 1. The summed E-state index contributed by atoms with van der Waals surface area (Å²) in [7, 11) is 0. The minimum Gasteiger partial charge on any atom is -0.488 e. The van der Waals surface area contributed by atoms with Crippen LogP contribution in [0.15, 0.2) is 78.9 Å². The van der Waals surface area contributed by atoms with Crippen molar-refractivity contribution in [1.29, 1.82) is 0 Å². The van der Waals surface area contributed by atoms with Crippen LogP contribution in [0, 0.1) is 15.9 Å². The quantitative estimate of drug-likeness (QED) is 0.188. The van der Waals surface area contributed by atoms with Crippen molar-refractivity contribution in [3.8, 4) is 22.6 Å². The van der Waals surface area contributed by atoms with E-state index in [-0.39, 0.29) is 36.8 Å². The number of rotatable bonds is 9. The number of nitro groups is 1. The maximum atomic E-state index is 15.3. The van der Waals surface area contributed by atoms with Gasteiger partial charge in [-0.2, -0.15) is 8.75 Å². The first-order valence-electron chi connectivity index (χ1n) is 11.3. The number of hydrogen-bond donors (Lipinski definition) is 1. The molecule has 0 amide bonds. The lowest BCUT2D eigenvalue weighted by atomic mass is 10.0. The van der Waals surface area contributed by atoms with Gasteiger partial charge < -0.3 is 15.2 Å².